The molecule has 0 saturated heterocycles. The van der Waals surface area contributed by atoms with Gasteiger partial charge in [-0.3, -0.25) is 9.89 Å². The molecule has 2 aromatic carbocycles. The van der Waals surface area contributed by atoms with Crippen molar-refractivity contribution < 1.29 is 4.79 Å². The minimum absolute atomic E-state index is 0.104. The van der Waals surface area contributed by atoms with E-state index in [1.165, 1.54) is 5.39 Å². The zero-order valence-electron chi connectivity index (χ0n) is 11.9. The molecule has 4 heteroatoms. The molecule has 3 rings (SSSR count). The number of carbonyl (C=O) groups excluding carboxylic acids is 1. The largest absolute Gasteiger partial charge is 0.341 e. The number of nitrogens with zero attached hydrogens (tertiary/aromatic N) is 2. The summed E-state index contributed by atoms with van der Waals surface area (Å²) < 4.78 is 0. The monoisotopic (exact) mass is 279 g/mol. The van der Waals surface area contributed by atoms with Crippen molar-refractivity contribution in [2.45, 2.75) is 13.0 Å². The number of benzene rings is 2. The number of amides is 1. The smallest absolute Gasteiger partial charge is 0.227 e. The first-order valence-corrected chi connectivity index (χ1v) is 6.92. The Morgan fingerprint density at radius 2 is 2.00 bits per heavy atom. The third-order valence-corrected chi connectivity index (χ3v) is 3.62. The van der Waals surface area contributed by atoms with Crippen LogP contribution in [-0.4, -0.2) is 28.1 Å². The standard InChI is InChI=1S/C17H17N3O/c1-20(12-13-10-18-19-11-13)17(21)9-15-7-4-6-14-5-2-3-8-16(14)15/h2-8,10-11H,9,12H2,1H3,(H,18,19). The predicted octanol–water partition coefficient (Wildman–Crippen LogP) is 2.76. The molecular formula is C17H17N3O. The fraction of sp³-hybridized carbons (Fsp3) is 0.176. The van der Waals surface area contributed by atoms with Gasteiger partial charge in [-0.25, -0.2) is 0 Å². The highest BCUT2D eigenvalue weighted by atomic mass is 16.2. The summed E-state index contributed by atoms with van der Waals surface area (Å²) in [6, 6.07) is 14.2. The van der Waals surface area contributed by atoms with Gasteiger partial charge in [0.2, 0.25) is 5.91 Å². The molecule has 21 heavy (non-hydrogen) atoms. The molecule has 3 aromatic rings. The minimum Gasteiger partial charge on any atom is -0.341 e. The predicted molar refractivity (Wildman–Crippen MR) is 82.7 cm³/mol. The number of nitrogens with one attached hydrogen (secondary N) is 1. The zero-order chi connectivity index (χ0) is 14.7. The summed E-state index contributed by atoms with van der Waals surface area (Å²) in [5.74, 6) is 0.104. The Hall–Kier alpha value is -2.62. The van der Waals surface area contributed by atoms with Crippen LogP contribution in [0.25, 0.3) is 10.8 Å². The highest BCUT2D eigenvalue weighted by Gasteiger charge is 2.12. The van der Waals surface area contributed by atoms with Crippen molar-refractivity contribution in [3.63, 3.8) is 0 Å². The fourth-order valence-electron chi connectivity index (χ4n) is 2.47. The van der Waals surface area contributed by atoms with Crippen molar-refractivity contribution in [1.29, 1.82) is 0 Å². The van der Waals surface area contributed by atoms with E-state index in [-0.39, 0.29) is 5.91 Å². The van der Waals surface area contributed by atoms with Crippen molar-refractivity contribution in [3.05, 3.63) is 66.0 Å². The second-order valence-corrected chi connectivity index (χ2v) is 5.17. The Labute approximate surface area is 123 Å². The topological polar surface area (TPSA) is 49.0 Å². The maximum Gasteiger partial charge on any atom is 0.227 e. The molecule has 0 unspecified atom stereocenters. The molecule has 0 aliphatic heterocycles. The van der Waals surface area contributed by atoms with Crippen LogP contribution in [0.1, 0.15) is 11.1 Å². The second kappa shape index (κ2) is 5.79. The number of fused-ring (bicyclic) bond motifs is 1. The molecule has 1 heterocycles. The Balaban J connectivity index is 1.77. The van der Waals surface area contributed by atoms with Crippen molar-refractivity contribution in [2.24, 2.45) is 0 Å². The molecule has 4 nitrogen and oxygen atoms in total. The number of rotatable bonds is 4. The molecule has 0 fully saturated rings. The highest BCUT2D eigenvalue weighted by molar-refractivity contribution is 5.90. The van der Waals surface area contributed by atoms with Crippen LogP contribution in [0.5, 0.6) is 0 Å². The first kappa shape index (κ1) is 13.4. The molecule has 1 N–H and O–H groups in total. The van der Waals surface area contributed by atoms with E-state index < -0.39 is 0 Å². The maximum atomic E-state index is 12.4. The van der Waals surface area contributed by atoms with Crippen LogP contribution >= 0.6 is 0 Å². The van der Waals surface area contributed by atoms with E-state index in [1.54, 1.807) is 11.1 Å². The molecule has 1 amide bonds. The first-order chi connectivity index (χ1) is 10.2. The van der Waals surface area contributed by atoms with Crippen molar-refractivity contribution in [2.75, 3.05) is 7.05 Å². The van der Waals surface area contributed by atoms with E-state index in [0.29, 0.717) is 13.0 Å². The van der Waals surface area contributed by atoms with E-state index in [0.717, 1.165) is 16.5 Å². The molecule has 1 aromatic heterocycles. The van der Waals surface area contributed by atoms with Crippen LogP contribution in [0, 0.1) is 0 Å². The summed E-state index contributed by atoms with van der Waals surface area (Å²) in [5.41, 5.74) is 2.07. The average molecular weight is 279 g/mol. The van der Waals surface area contributed by atoms with E-state index in [4.69, 9.17) is 0 Å². The molecule has 0 saturated carbocycles. The summed E-state index contributed by atoms with van der Waals surface area (Å²) in [5, 5.41) is 8.97. The SMILES string of the molecule is CN(Cc1cn[nH]c1)C(=O)Cc1cccc2ccccc12. The van der Waals surface area contributed by atoms with E-state index in [1.807, 2.05) is 37.5 Å². The van der Waals surface area contributed by atoms with Crippen molar-refractivity contribution >= 4 is 16.7 Å². The van der Waals surface area contributed by atoms with Gasteiger partial charge >= 0.3 is 0 Å². The van der Waals surface area contributed by atoms with Gasteiger partial charge in [0.05, 0.1) is 12.6 Å². The summed E-state index contributed by atoms with van der Waals surface area (Å²) in [6.45, 7) is 0.570. The molecule has 0 spiro atoms. The van der Waals surface area contributed by atoms with Crippen molar-refractivity contribution in [1.82, 2.24) is 15.1 Å². The average Bonchev–Trinajstić information content (AvgIpc) is 3.00. The number of H-pyrrole nitrogens is 1. The lowest BCUT2D eigenvalue weighted by atomic mass is 10.0. The third-order valence-electron chi connectivity index (χ3n) is 3.62. The number of hydrogen-bond donors (Lipinski definition) is 1. The lowest BCUT2D eigenvalue weighted by Crippen LogP contribution is -2.27. The molecule has 0 aliphatic rings. The van der Waals surface area contributed by atoms with Crippen LogP contribution in [0.4, 0.5) is 0 Å². The van der Waals surface area contributed by atoms with Crippen LogP contribution in [0.2, 0.25) is 0 Å². The Bertz CT molecular complexity index is 744. The summed E-state index contributed by atoms with van der Waals surface area (Å²) in [7, 11) is 1.82. The van der Waals surface area contributed by atoms with Gasteiger partial charge in [0.15, 0.2) is 0 Å². The Morgan fingerprint density at radius 3 is 2.81 bits per heavy atom. The van der Waals surface area contributed by atoms with Gasteiger partial charge in [-0.1, -0.05) is 42.5 Å². The molecule has 0 radical (unpaired) electrons. The Kier molecular flexibility index (Phi) is 3.69. The normalized spacial score (nSPS) is 10.7. The molecule has 106 valence electrons. The maximum absolute atomic E-state index is 12.4. The zero-order valence-corrected chi connectivity index (χ0v) is 11.9. The van der Waals surface area contributed by atoms with Gasteiger partial charge in [-0.2, -0.15) is 5.10 Å². The fourth-order valence-corrected chi connectivity index (χ4v) is 2.47. The number of aromatic amines is 1. The number of carbonyl (C=O) groups is 1. The van der Waals surface area contributed by atoms with Gasteiger partial charge in [-0.15, -0.1) is 0 Å². The van der Waals surface area contributed by atoms with Crippen LogP contribution < -0.4 is 0 Å². The van der Waals surface area contributed by atoms with Gasteiger partial charge in [0.25, 0.3) is 0 Å². The third kappa shape index (κ3) is 2.94. The van der Waals surface area contributed by atoms with Gasteiger partial charge in [0.1, 0.15) is 0 Å². The van der Waals surface area contributed by atoms with Crippen LogP contribution in [0.3, 0.4) is 0 Å². The van der Waals surface area contributed by atoms with E-state index in [2.05, 4.69) is 28.4 Å². The van der Waals surface area contributed by atoms with Gasteiger partial charge < -0.3 is 4.90 Å². The summed E-state index contributed by atoms with van der Waals surface area (Å²) >= 11 is 0. The first-order valence-electron chi connectivity index (χ1n) is 6.92. The highest BCUT2D eigenvalue weighted by Crippen LogP contribution is 2.19. The lowest BCUT2D eigenvalue weighted by Gasteiger charge is -2.17. The second-order valence-electron chi connectivity index (χ2n) is 5.17. The summed E-state index contributed by atoms with van der Waals surface area (Å²) in [6.07, 6.45) is 3.96. The number of likely N-dealkylation sites (N-methyl/N-ethyl adjacent to an activating group) is 1. The molecule has 0 aliphatic carbocycles. The molecule has 0 bridgehead atoms. The number of aromatic nitrogens is 2. The van der Waals surface area contributed by atoms with E-state index in [9.17, 15) is 4.79 Å². The molecule has 0 atom stereocenters. The Morgan fingerprint density at radius 1 is 1.19 bits per heavy atom. The van der Waals surface area contributed by atoms with Crippen LogP contribution in [0.15, 0.2) is 54.9 Å². The molecular weight excluding hydrogens is 262 g/mol. The quantitative estimate of drug-likeness (QED) is 0.798. The lowest BCUT2D eigenvalue weighted by molar-refractivity contribution is -0.129. The van der Waals surface area contributed by atoms with E-state index >= 15 is 0 Å². The minimum atomic E-state index is 0.104. The van der Waals surface area contributed by atoms with Crippen LogP contribution in [-0.2, 0) is 17.8 Å². The van der Waals surface area contributed by atoms with Gasteiger partial charge in [0, 0.05) is 25.4 Å². The summed E-state index contributed by atoms with van der Waals surface area (Å²) in [4.78, 5) is 14.1. The number of hydrogen-bond acceptors (Lipinski definition) is 2. The van der Waals surface area contributed by atoms with Gasteiger partial charge in [-0.05, 0) is 16.3 Å². The van der Waals surface area contributed by atoms with Crippen molar-refractivity contribution in [3.8, 4) is 0 Å².